The summed E-state index contributed by atoms with van der Waals surface area (Å²) in [5, 5.41) is 12.1. The van der Waals surface area contributed by atoms with Gasteiger partial charge in [-0.15, -0.1) is 0 Å². The Labute approximate surface area is 475 Å². The Morgan fingerprint density at radius 3 is 1.42 bits per heavy atom. The van der Waals surface area contributed by atoms with Gasteiger partial charge in [-0.25, -0.2) is 4.79 Å². The van der Waals surface area contributed by atoms with Crippen LogP contribution in [0, 0.1) is 41.4 Å². The molecular weight excluding hydrogens is 1010 g/mol. The van der Waals surface area contributed by atoms with Gasteiger partial charge in [0.15, 0.2) is 0 Å². The molecule has 12 atom stereocenters. The normalized spacial score (nSPS) is 29.8. The zero-order chi connectivity index (χ0) is 60.8. The molecule has 21 heteroatoms. The lowest BCUT2D eigenvalue weighted by atomic mass is 9.93. The number of hydrogen-bond acceptors (Lipinski definition) is 12. The van der Waals surface area contributed by atoms with E-state index in [1.807, 2.05) is 88.1 Å². The number of nitrogens with zero attached hydrogens (tertiary/aromatic N) is 7. The lowest BCUT2D eigenvalue weighted by Gasteiger charge is -2.42. The van der Waals surface area contributed by atoms with Crippen LogP contribution in [0.1, 0.15) is 156 Å². The van der Waals surface area contributed by atoms with E-state index >= 15 is 9.59 Å². The summed E-state index contributed by atoms with van der Waals surface area (Å²) in [6.45, 7) is 30.5. The zero-order valence-electron chi connectivity index (χ0n) is 52.8. The summed E-state index contributed by atoms with van der Waals surface area (Å²) in [5.41, 5.74) is 0. The SMILES string of the molecule is CC[C@@H]1C(=O)N(C)[C@@H](CC(C)C)C(=O)NC(C(C)C)N(C)[C@H](CC(C)C)N[C@H](C)C(=O)NC(=O)N(C)[C@H](CC(C)C)C(=O)N(C)[C@H](CC(C)C)C(=O)N(C)C(C(C)C)C(=O)N(C)C([C@@H]2OCC[C@H]2C)C(=O)N[C@H](CC)C(=O)N1C. The van der Waals surface area contributed by atoms with E-state index in [-0.39, 0.29) is 61.2 Å². The van der Waals surface area contributed by atoms with Gasteiger partial charge >= 0.3 is 6.03 Å². The van der Waals surface area contributed by atoms with E-state index in [0.717, 1.165) is 0 Å². The van der Waals surface area contributed by atoms with E-state index in [1.54, 1.807) is 41.7 Å². The molecule has 0 spiro atoms. The predicted octanol–water partition coefficient (Wildman–Crippen LogP) is 4.58. The molecule has 2 aliphatic rings. The first-order valence-electron chi connectivity index (χ1n) is 29.2. The average molecular weight is 1120 g/mol. The fraction of sp³-hybridized carbons (Fsp3) is 0.845. The first kappa shape index (κ1) is 70.2. The quantitative estimate of drug-likeness (QED) is 0.199. The number of likely N-dealkylation sites (N-methyl/N-ethyl adjacent to an activating group) is 6. The van der Waals surface area contributed by atoms with E-state index in [1.165, 1.54) is 64.6 Å². The fourth-order valence-electron chi connectivity index (χ4n) is 11.1. The maximum Gasteiger partial charge on any atom is 0.324 e. The molecule has 0 bridgehead atoms. The van der Waals surface area contributed by atoms with Crippen molar-refractivity contribution >= 4 is 53.3 Å². The van der Waals surface area contributed by atoms with Crippen molar-refractivity contribution in [3.05, 3.63) is 0 Å². The second-order valence-electron chi connectivity index (χ2n) is 25.1. The number of carbonyl (C=O) groups excluding carboxylic acids is 9. The number of ether oxygens (including phenoxy) is 1. The molecule has 79 heavy (non-hydrogen) atoms. The van der Waals surface area contributed by atoms with Gasteiger partial charge in [-0.1, -0.05) is 104 Å². The van der Waals surface area contributed by atoms with Crippen molar-refractivity contribution in [3.8, 4) is 0 Å². The molecule has 2 fully saturated rings. The van der Waals surface area contributed by atoms with Gasteiger partial charge in [0.2, 0.25) is 47.3 Å². The number of rotatable bonds is 13. The minimum atomic E-state index is -1.25. The first-order chi connectivity index (χ1) is 36.6. The second kappa shape index (κ2) is 31.4. The van der Waals surface area contributed by atoms with Crippen LogP contribution in [0.2, 0.25) is 0 Å². The van der Waals surface area contributed by atoms with E-state index in [2.05, 4.69) is 21.3 Å². The standard InChI is InChI=1S/C58H107N11O10/c1-24-40-53(73)63(17)41(25-2)54(74)64(18)42(28-32(3)4)51(71)61-49(37(13)14)67(21)45(31-35(9)10)59-39(16)50(70)62-58(78)66(20)44(30-34(7)8)55(75)65(19)43(29-33(5)6)56(76)68(22)46(36(11)12)57(77)69(23)47(52(72)60-40)48-38(15)26-27-79-48/h32-49,59H,24-31H2,1-23H3,(H,60,72)(H,61,71)(H,62,70,78)/t38-,39-,40-,41-,42+,43-,44-,45-,46?,47?,48-,49?/m1/s1. The fourth-order valence-corrected chi connectivity index (χ4v) is 11.1. The third-order valence-electron chi connectivity index (χ3n) is 15.9. The van der Waals surface area contributed by atoms with Gasteiger partial charge in [0.05, 0.1) is 24.5 Å². The Morgan fingerprint density at radius 2 is 0.962 bits per heavy atom. The van der Waals surface area contributed by atoms with Crippen LogP contribution in [0.5, 0.6) is 0 Å². The Morgan fingerprint density at radius 1 is 0.494 bits per heavy atom. The second-order valence-corrected chi connectivity index (χ2v) is 25.1. The van der Waals surface area contributed by atoms with E-state index < -0.39 is 126 Å². The molecule has 21 nitrogen and oxygen atoms in total. The van der Waals surface area contributed by atoms with E-state index in [9.17, 15) is 33.6 Å². The summed E-state index contributed by atoms with van der Waals surface area (Å²) in [5.74, 6) is -5.29. The lowest BCUT2D eigenvalue weighted by molar-refractivity contribution is -0.156. The maximum atomic E-state index is 15.1. The van der Waals surface area contributed by atoms with Crippen molar-refractivity contribution in [3.63, 3.8) is 0 Å². The molecule has 0 aromatic rings. The first-order valence-corrected chi connectivity index (χ1v) is 29.2. The van der Waals surface area contributed by atoms with Crippen LogP contribution < -0.4 is 21.3 Å². The molecule has 0 saturated carbocycles. The van der Waals surface area contributed by atoms with Crippen molar-refractivity contribution in [2.45, 2.75) is 222 Å². The van der Waals surface area contributed by atoms with Gasteiger partial charge in [0.1, 0.15) is 42.3 Å². The zero-order valence-corrected chi connectivity index (χ0v) is 52.8. The monoisotopic (exact) mass is 1120 g/mol. The minimum Gasteiger partial charge on any atom is -0.375 e. The Bertz CT molecular complexity index is 2070. The molecule has 4 N–H and O–H groups in total. The highest BCUT2D eigenvalue weighted by Gasteiger charge is 2.47. The highest BCUT2D eigenvalue weighted by atomic mass is 16.5. The summed E-state index contributed by atoms with van der Waals surface area (Å²) >= 11 is 0. The number of nitrogens with one attached hydrogen (secondary N) is 4. The molecule has 3 unspecified atom stereocenters. The molecule has 0 aromatic heterocycles. The number of carbonyl (C=O) groups is 9. The van der Waals surface area contributed by atoms with Crippen LogP contribution in [0.25, 0.3) is 0 Å². The van der Waals surface area contributed by atoms with Gasteiger partial charge in [-0.3, -0.25) is 53.9 Å². The topological polar surface area (TPSA) is 234 Å². The van der Waals surface area contributed by atoms with Gasteiger partial charge in [-0.05, 0) is 100 Å². The molecule has 2 heterocycles. The molecule has 0 radical (unpaired) electrons. The van der Waals surface area contributed by atoms with Crippen molar-refractivity contribution in [2.24, 2.45) is 41.4 Å². The number of amides is 10. The molecule has 2 rings (SSSR count). The van der Waals surface area contributed by atoms with Crippen molar-refractivity contribution < 1.29 is 47.9 Å². The van der Waals surface area contributed by atoms with Gasteiger partial charge in [0.25, 0.3) is 0 Å². The lowest BCUT2D eigenvalue weighted by Crippen LogP contribution is -2.64. The smallest absolute Gasteiger partial charge is 0.324 e. The summed E-state index contributed by atoms with van der Waals surface area (Å²) in [6.07, 6.45) is 0.278. The third-order valence-corrected chi connectivity index (χ3v) is 15.9. The van der Waals surface area contributed by atoms with E-state index in [4.69, 9.17) is 4.74 Å². The Hall–Kier alpha value is -4.89. The van der Waals surface area contributed by atoms with Gasteiger partial charge < -0.3 is 44.8 Å². The van der Waals surface area contributed by atoms with Crippen LogP contribution in [0.15, 0.2) is 0 Å². The third kappa shape index (κ3) is 18.6. The Balaban J connectivity index is 2.98. The van der Waals surface area contributed by atoms with Gasteiger partial charge in [-0.2, -0.15) is 0 Å². The summed E-state index contributed by atoms with van der Waals surface area (Å²) in [7, 11) is 10.9. The van der Waals surface area contributed by atoms with Gasteiger partial charge in [0, 0.05) is 48.9 Å². The van der Waals surface area contributed by atoms with Crippen LogP contribution in [-0.2, 0) is 43.1 Å². The molecule has 10 amide bonds. The Kier molecular flexibility index (Phi) is 27.9. The molecular formula is C58H107N11O10. The number of hydrogen-bond donors (Lipinski definition) is 4. The average Bonchev–Trinajstić information content (AvgIpc) is 3.79. The highest BCUT2D eigenvalue weighted by molar-refractivity contribution is 6.00. The molecule has 2 saturated heterocycles. The number of urea groups is 1. The maximum absolute atomic E-state index is 15.1. The van der Waals surface area contributed by atoms with E-state index in [0.29, 0.717) is 25.9 Å². The van der Waals surface area contributed by atoms with Crippen LogP contribution in [0.3, 0.4) is 0 Å². The summed E-state index contributed by atoms with van der Waals surface area (Å²) < 4.78 is 6.19. The molecule has 2 aliphatic heterocycles. The van der Waals surface area contributed by atoms with Crippen molar-refractivity contribution in [2.75, 3.05) is 55.9 Å². The van der Waals surface area contributed by atoms with Crippen molar-refractivity contribution in [1.29, 1.82) is 0 Å². The largest absolute Gasteiger partial charge is 0.375 e. The molecule has 454 valence electrons. The minimum absolute atomic E-state index is 0.0256. The number of imide groups is 1. The predicted molar refractivity (Wildman–Crippen MR) is 307 cm³/mol. The highest BCUT2D eigenvalue weighted by Crippen LogP contribution is 2.29. The van der Waals surface area contributed by atoms with Crippen molar-refractivity contribution in [1.82, 2.24) is 55.6 Å². The summed E-state index contributed by atoms with van der Waals surface area (Å²) in [4.78, 5) is 142. The molecule has 0 aromatic carbocycles. The van der Waals surface area contributed by atoms with Crippen LogP contribution in [0.4, 0.5) is 4.79 Å². The van der Waals surface area contributed by atoms with Crippen LogP contribution in [-0.4, -0.2) is 210 Å². The summed E-state index contributed by atoms with van der Waals surface area (Å²) in [6, 6.07) is -9.45. The van der Waals surface area contributed by atoms with Crippen LogP contribution >= 0.6 is 0 Å². The molecule has 0 aliphatic carbocycles.